The molecule has 0 bridgehead atoms. The van der Waals surface area contributed by atoms with Gasteiger partial charge in [-0.3, -0.25) is 0 Å². The summed E-state index contributed by atoms with van der Waals surface area (Å²) in [5, 5.41) is 5.31. The highest BCUT2D eigenvalue weighted by Gasteiger charge is 2.19. The zero-order valence-corrected chi connectivity index (χ0v) is 8.37. The van der Waals surface area contributed by atoms with Crippen LogP contribution in [0.1, 0.15) is 10.7 Å². The highest BCUT2D eigenvalue weighted by molar-refractivity contribution is 7.09. The molecule has 1 heterocycles. The van der Waals surface area contributed by atoms with E-state index in [2.05, 4.69) is 10.3 Å². The first-order valence-electron chi connectivity index (χ1n) is 4.00. The molecular weight excluding hydrogens is 194 g/mol. The quantitative estimate of drug-likeness (QED) is 0.813. The van der Waals surface area contributed by atoms with Crippen LogP contribution in [0.15, 0.2) is 5.38 Å². The first-order chi connectivity index (χ1) is 6.13. The lowest BCUT2D eigenvalue weighted by Gasteiger charge is -2.12. The number of likely N-dealkylation sites (N-methyl/N-ethyl adjacent to an activating group) is 1. The first kappa shape index (κ1) is 10.5. The van der Waals surface area contributed by atoms with Crippen LogP contribution in [-0.4, -0.2) is 24.5 Å². The average molecular weight is 206 g/mol. The van der Waals surface area contributed by atoms with Gasteiger partial charge in [-0.05, 0) is 14.0 Å². The summed E-state index contributed by atoms with van der Waals surface area (Å²) < 4.78 is 24.6. The number of nitrogens with one attached hydrogen (secondary N) is 1. The molecule has 0 aliphatic carbocycles. The van der Waals surface area contributed by atoms with Gasteiger partial charge in [0.05, 0.1) is 16.7 Å². The number of aromatic nitrogens is 1. The van der Waals surface area contributed by atoms with Crippen molar-refractivity contribution in [3.63, 3.8) is 0 Å². The third kappa shape index (κ3) is 3.00. The fourth-order valence-corrected chi connectivity index (χ4v) is 1.67. The van der Waals surface area contributed by atoms with E-state index >= 15 is 0 Å². The van der Waals surface area contributed by atoms with Crippen molar-refractivity contribution in [2.45, 2.75) is 25.8 Å². The second-order valence-electron chi connectivity index (χ2n) is 2.79. The van der Waals surface area contributed by atoms with Crippen molar-refractivity contribution in [1.82, 2.24) is 10.3 Å². The summed E-state index contributed by atoms with van der Waals surface area (Å²) in [7, 11) is 1.54. The monoisotopic (exact) mass is 206 g/mol. The molecule has 1 rings (SSSR count). The second-order valence-corrected chi connectivity index (χ2v) is 3.85. The van der Waals surface area contributed by atoms with Gasteiger partial charge < -0.3 is 5.32 Å². The van der Waals surface area contributed by atoms with Crippen molar-refractivity contribution >= 4 is 11.3 Å². The predicted molar refractivity (Wildman–Crippen MR) is 49.4 cm³/mol. The van der Waals surface area contributed by atoms with Crippen LogP contribution in [0.3, 0.4) is 0 Å². The van der Waals surface area contributed by atoms with Gasteiger partial charge in [-0.2, -0.15) is 0 Å². The number of halogens is 2. The zero-order valence-electron chi connectivity index (χ0n) is 7.55. The summed E-state index contributed by atoms with van der Waals surface area (Å²) >= 11 is 1.48. The van der Waals surface area contributed by atoms with Crippen molar-refractivity contribution in [1.29, 1.82) is 0 Å². The molecule has 0 fully saturated rings. The minimum Gasteiger partial charge on any atom is -0.312 e. The normalized spacial score (nSPS) is 13.6. The zero-order chi connectivity index (χ0) is 9.84. The summed E-state index contributed by atoms with van der Waals surface area (Å²) in [5.41, 5.74) is 0.738. The molecule has 0 radical (unpaired) electrons. The van der Waals surface area contributed by atoms with Gasteiger partial charge in [0.1, 0.15) is 0 Å². The smallest absolute Gasteiger partial charge is 0.254 e. The highest BCUT2D eigenvalue weighted by Crippen LogP contribution is 2.12. The Balaban J connectivity index is 2.56. The maximum absolute atomic E-state index is 12.3. The van der Waals surface area contributed by atoms with E-state index in [-0.39, 0.29) is 0 Å². The van der Waals surface area contributed by atoms with E-state index in [9.17, 15) is 8.78 Å². The Labute approximate surface area is 80.0 Å². The van der Waals surface area contributed by atoms with Gasteiger partial charge in [0, 0.05) is 11.8 Å². The molecule has 13 heavy (non-hydrogen) atoms. The van der Waals surface area contributed by atoms with Crippen LogP contribution in [0.5, 0.6) is 0 Å². The fraction of sp³-hybridized carbons (Fsp3) is 0.625. The standard InChI is InChI=1S/C8H12F2N2S/c1-5-12-6(4-13-5)3-7(11-2)8(9)10/h4,7-8,11H,3H2,1-2H3. The molecule has 5 heteroatoms. The minimum absolute atomic E-state index is 0.290. The summed E-state index contributed by atoms with van der Waals surface area (Å²) in [6, 6.07) is -0.790. The van der Waals surface area contributed by atoms with Crippen molar-refractivity contribution < 1.29 is 8.78 Å². The third-order valence-corrected chi connectivity index (χ3v) is 2.59. The van der Waals surface area contributed by atoms with Crippen LogP contribution < -0.4 is 5.32 Å². The van der Waals surface area contributed by atoms with Crippen molar-refractivity contribution in [2.24, 2.45) is 0 Å². The highest BCUT2D eigenvalue weighted by atomic mass is 32.1. The molecule has 1 aromatic rings. The van der Waals surface area contributed by atoms with Crippen molar-refractivity contribution in [2.75, 3.05) is 7.05 Å². The van der Waals surface area contributed by atoms with Crippen LogP contribution in [0.4, 0.5) is 8.78 Å². The molecule has 2 nitrogen and oxygen atoms in total. The van der Waals surface area contributed by atoms with Gasteiger partial charge in [0.2, 0.25) is 0 Å². The summed E-state index contributed by atoms with van der Waals surface area (Å²) in [4.78, 5) is 4.13. The lowest BCUT2D eigenvalue weighted by molar-refractivity contribution is 0.102. The maximum atomic E-state index is 12.3. The van der Waals surface area contributed by atoms with Crippen molar-refractivity contribution in [3.8, 4) is 0 Å². The van der Waals surface area contributed by atoms with E-state index in [1.54, 1.807) is 0 Å². The van der Waals surface area contributed by atoms with Gasteiger partial charge in [-0.15, -0.1) is 11.3 Å². The Morgan fingerprint density at radius 1 is 1.62 bits per heavy atom. The molecule has 74 valence electrons. The maximum Gasteiger partial charge on any atom is 0.254 e. The Kier molecular flexibility index (Phi) is 3.74. The number of alkyl halides is 2. The van der Waals surface area contributed by atoms with Crippen LogP contribution in [0.2, 0.25) is 0 Å². The Bertz CT molecular complexity index is 262. The van der Waals surface area contributed by atoms with E-state index in [1.807, 2.05) is 12.3 Å². The Morgan fingerprint density at radius 2 is 2.31 bits per heavy atom. The van der Waals surface area contributed by atoms with Crippen molar-refractivity contribution in [3.05, 3.63) is 16.1 Å². The van der Waals surface area contributed by atoms with Gasteiger partial charge in [0.25, 0.3) is 6.43 Å². The van der Waals surface area contributed by atoms with Crippen LogP contribution in [-0.2, 0) is 6.42 Å². The lowest BCUT2D eigenvalue weighted by Crippen LogP contribution is -2.34. The van der Waals surface area contributed by atoms with E-state index in [0.29, 0.717) is 6.42 Å². The number of thiazole rings is 1. The first-order valence-corrected chi connectivity index (χ1v) is 4.88. The van der Waals surface area contributed by atoms with E-state index in [0.717, 1.165) is 10.7 Å². The largest absolute Gasteiger partial charge is 0.312 e. The SMILES string of the molecule is CNC(Cc1csc(C)n1)C(F)F. The van der Waals surface area contributed by atoms with Crippen LogP contribution in [0.25, 0.3) is 0 Å². The van der Waals surface area contributed by atoms with Gasteiger partial charge in [-0.1, -0.05) is 0 Å². The Hall–Kier alpha value is -0.550. The van der Waals surface area contributed by atoms with E-state index in [1.165, 1.54) is 18.4 Å². The molecule has 0 aliphatic heterocycles. The number of hydrogen-bond donors (Lipinski definition) is 1. The van der Waals surface area contributed by atoms with Crippen LogP contribution >= 0.6 is 11.3 Å². The predicted octanol–water partition coefficient (Wildman–Crippen LogP) is 1.85. The molecule has 1 aromatic heterocycles. The van der Waals surface area contributed by atoms with E-state index < -0.39 is 12.5 Å². The molecule has 0 aromatic carbocycles. The molecule has 1 atom stereocenters. The lowest BCUT2D eigenvalue weighted by atomic mass is 10.2. The number of rotatable bonds is 4. The minimum atomic E-state index is -2.34. The molecule has 1 unspecified atom stereocenters. The number of nitrogens with zero attached hydrogens (tertiary/aromatic N) is 1. The molecular formula is C8H12F2N2S. The third-order valence-electron chi connectivity index (χ3n) is 1.77. The van der Waals surface area contributed by atoms with E-state index in [4.69, 9.17) is 0 Å². The molecule has 0 aliphatic rings. The van der Waals surface area contributed by atoms with Gasteiger partial charge in [-0.25, -0.2) is 13.8 Å². The topological polar surface area (TPSA) is 24.9 Å². The molecule has 1 N–H and O–H groups in total. The van der Waals surface area contributed by atoms with Crippen LogP contribution in [0, 0.1) is 6.92 Å². The Morgan fingerprint density at radius 3 is 2.69 bits per heavy atom. The fourth-order valence-electron chi connectivity index (χ4n) is 1.04. The molecule has 0 saturated carbocycles. The average Bonchev–Trinajstić information content (AvgIpc) is 2.46. The molecule has 0 amide bonds. The van der Waals surface area contributed by atoms with Gasteiger partial charge in [0.15, 0.2) is 0 Å². The summed E-state index contributed by atoms with van der Waals surface area (Å²) in [6.07, 6.45) is -2.05. The van der Waals surface area contributed by atoms with Gasteiger partial charge >= 0.3 is 0 Å². The number of aryl methyl sites for hydroxylation is 1. The second kappa shape index (κ2) is 4.62. The molecule has 0 saturated heterocycles. The molecule has 0 spiro atoms. The summed E-state index contributed by atoms with van der Waals surface area (Å²) in [5.74, 6) is 0. The number of hydrogen-bond acceptors (Lipinski definition) is 3. The summed E-state index contributed by atoms with van der Waals surface area (Å²) in [6.45, 7) is 1.87.